The molecular formula is C20H24N2O. The molecule has 1 aromatic heterocycles. The number of carbonyl (C=O) groups is 1. The van der Waals surface area contributed by atoms with E-state index in [2.05, 4.69) is 30.7 Å². The fourth-order valence-corrected chi connectivity index (χ4v) is 5.03. The zero-order valence-corrected chi connectivity index (χ0v) is 14.2. The Morgan fingerprint density at radius 1 is 1.13 bits per heavy atom. The number of benzene rings is 1. The number of hydrogen-bond acceptors (Lipinski definition) is 2. The fraction of sp³-hybridized carbons (Fsp3) is 0.500. The zero-order valence-electron chi connectivity index (χ0n) is 14.2. The van der Waals surface area contributed by atoms with Crippen molar-refractivity contribution in [3.63, 3.8) is 0 Å². The van der Waals surface area contributed by atoms with Gasteiger partial charge in [0, 0.05) is 18.0 Å². The standard InChI is InChI=1S/C20H24N2O/c1-19(2)10-15-11-20(3,12-19)13-22(15)18(23)17-9-8-14-6-4-5-7-16(14)21-17/h4-9,15H,10-13H2,1-3H3. The number of fused-ring (bicyclic) bond motifs is 3. The smallest absolute Gasteiger partial charge is 0.272 e. The largest absolute Gasteiger partial charge is 0.334 e. The minimum Gasteiger partial charge on any atom is -0.334 e. The zero-order chi connectivity index (χ0) is 16.2. The third kappa shape index (κ3) is 2.52. The van der Waals surface area contributed by atoms with Crippen LogP contribution in [-0.2, 0) is 0 Å². The van der Waals surface area contributed by atoms with E-state index in [-0.39, 0.29) is 11.3 Å². The van der Waals surface area contributed by atoms with Crippen LogP contribution in [0.15, 0.2) is 36.4 Å². The van der Waals surface area contributed by atoms with Crippen LogP contribution in [0, 0.1) is 10.8 Å². The molecule has 2 unspecified atom stereocenters. The van der Waals surface area contributed by atoms with Gasteiger partial charge in [-0.05, 0) is 42.2 Å². The van der Waals surface area contributed by atoms with E-state index in [0.29, 0.717) is 17.2 Å². The molecule has 0 radical (unpaired) electrons. The molecule has 1 amide bonds. The summed E-state index contributed by atoms with van der Waals surface area (Å²) in [4.78, 5) is 19.7. The summed E-state index contributed by atoms with van der Waals surface area (Å²) >= 11 is 0. The van der Waals surface area contributed by atoms with Crippen LogP contribution in [0.2, 0.25) is 0 Å². The fourth-order valence-electron chi connectivity index (χ4n) is 5.03. The van der Waals surface area contributed by atoms with E-state index >= 15 is 0 Å². The molecule has 1 aliphatic heterocycles. The Morgan fingerprint density at radius 3 is 2.74 bits per heavy atom. The van der Waals surface area contributed by atoms with E-state index in [0.717, 1.165) is 30.3 Å². The molecule has 23 heavy (non-hydrogen) atoms. The third-order valence-electron chi connectivity index (χ3n) is 5.49. The number of carbonyl (C=O) groups excluding carboxylic acids is 1. The molecule has 4 rings (SSSR count). The van der Waals surface area contributed by atoms with Gasteiger partial charge in [-0.25, -0.2) is 4.98 Å². The quantitative estimate of drug-likeness (QED) is 0.788. The van der Waals surface area contributed by atoms with Crippen LogP contribution in [0.25, 0.3) is 10.9 Å². The topological polar surface area (TPSA) is 33.2 Å². The highest BCUT2D eigenvalue weighted by Crippen LogP contribution is 2.52. The van der Waals surface area contributed by atoms with Crippen LogP contribution in [0.3, 0.4) is 0 Å². The van der Waals surface area contributed by atoms with Gasteiger partial charge >= 0.3 is 0 Å². The van der Waals surface area contributed by atoms with Gasteiger partial charge in [-0.1, -0.05) is 45.0 Å². The van der Waals surface area contributed by atoms with E-state index in [1.54, 1.807) is 0 Å². The summed E-state index contributed by atoms with van der Waals surface area (Å²) in [5, 5.41) is 1.08. The van der Waals surface area contributed by atoms with Crippen molar-refractivity contribution in [3.05, 3.63) is 42.1 Å². The lowest BCUT2D eigenvalue weighted by Crippen LogP contribution is -2.38. The third-order valence-corrected chi connectivity index (χ3v) is 5.49. The summed E-state index contributed by atoms with van der Waals surface area (Å²) in [5.74, 6) is 0.0992. The summed E-state index contributed by atoms with van der Waals surface area (Å²) < 4.78 is 0. The summed E-state index contributed by atoms with van der Waals surface area (Å²) in [6.45, 7) is 7.87. The normalized spacial score (nSPS) is 29.0. The van der Waals surface area contributed by atoms with Gasteiger partial charge in [0.25, 0.3) is 5.91 Å². The molecule has 1 aromatic carbocycles. The number of pyridine rings is 1. The molecule has 0 spiro atoms. The molecule has 1 saturated carbocycles. The summed E-state index contributed by atoms with van der Waals surface area (Å²) in [6, 6.07) is 12.2. The van der Waals surface area contributed by atoms with Crippen LogP contribution in [0.1, 0.15) is 50.5 Å². The summed E-state index contributed by atoms with van der Waals surface area (Å²) in [5.41, 5.74) is 2.06. The maximum absolute atomic E-state index is 13.0. The second-order valence-corrected chi connectivity index (χ2v) is 8.54. The van der Waals surface area contributed by atoms with Gasteiger partial charge in [-0.2, -0.15) is 0 Å². The van der Waals surface area contributed by atoms with Crippen LogP contribution < -0.4 is 0 Å². The number of amides is 1. The molecule has 2 aliphatic rings. The monoisotopic (exact) mass is 308 g/mol. The highest BCUT2D eigenvalue weighted by molar-refractivity contribution is 5.95. The lowest BCUT2D eigenvalue weighted by Gasteiger charge is -2.39. The number of para-hydroxylation sites is 1. The van der Waals surface area contributed by atoms with Crippen molar-refractivity contribution in [1.82, 2.24) is 9.88 Å². The average Bonchev–Trinajstić information content (AvgIpc) is 2.75. The van der Waals surface area contributed by atoms with Gasteiger partial charge in [-0.15, -0.1) is 0 Å². The van der Waals surface area contributed by atoms with Crippen molar-refractivity contribution in [2.75, 3.05) is 6.54 Å². The molecular weight excluding hydrogens is 284 g/mol. The molecule has 2 fully saturated rings. The second-order valence-electron chi connectivity index (χ2n) is 8.54. The van der Waals surface area contributed by atoms with Crippen molar-refractivity contribution < 1.29 is 4.79 Å². The van der Waals surface area contributed by atoms with Crippen LogP contribution >= 0.6 is 0 Å². The summed E-state index contributed by atoms with van der Waals surface area (Å²) in [6.07, 6.45) is 3.43. The molecule has 120 valence electrons. The van der Waals surface area contributed by atoms with E-state index in [1.165, 1.54) is 6.42 Å². The van der Waals surface area contributed by atoms with Crippen molar-refractivity contribution in [3.8, 4) is 0 Å². The van der Waals surface area contributed by atoms with Gasteiger partial charge in [0.2, 0.25) is 0 Å². The number of nitrogens with zero attached hydrogens (tertiary/aromatic N) is 2. The first-order chi connectivity index (χ1) is 10.9. The Hall–Kier alpha value is -1.90. The lowest BCUT2D eigenvalue weighted by atomic mass is 9.65. The number of likely N-dealkylation sites (tertiary alicyclic amines) is 1. The predicted octanol–water partition coefficient (Wildman–Crippen LogP) is 4.28. The minimum absolute atomic E-state index is 0.0992. The first-order valence-electron chi connectivity index (χ1n) is 8.52. The molecule has 1 saturated heterocycles. The van der Waals surface area contributed by atoms with Gasteiger partial charge < -0.3 is 4.90 Å². The Morgan fingerprint density at radius 2 is 1.91 bits per heavy atom. The van der Waals surface area contributed by atoms with Gasteiger partial charge in [0.05, 0.1) is 5.52 Å². The van der Waals surface area contributed by atoms with Crippen LogP contribution in [0.4, 0.5) is 0 Å². The molecule has 2 bridgehead atoms. The highest BCUT2D eigenvalue weighted by atomic mass is 16.2. The molecule has 2 aromatic rings. The van der Waals surface area contributed by atoms with E-state index in [9.17, 15) is 4.79 Å². The Bertz CT molecular complexity index is 782. The van der Waals surface area contributed by atoms with Gasteiger partial charge in [0.15, 0.2) is 0 Å². The summed E-state index contributed by atoms with van der Waals surface area (Å²) in [7, 11) is 0. The van der Waals surface area contributed by atoms with Crippen LogP contribution in [-0.4, -0.2) is 28.4 Å². The Labute approximate surface area is 137 Å². The van der Waals surface area contributed by atoms with Gasteiger partial charge in [0.1, 0.15) is 5.69 Å². The molecule has 0 N–H and O–H groups in total. The molecule has 3 heteroatoms. The first kappa shape index (κ1) is 14.7. The maximum atomic E-state index is 13.0. The van der Waals surface area contributed by atoms with Gasteiger partial charge in [-0.3, -0.25) is 4.79 Å². The number of rotatable bonds is 1. The Balaban J connectivity index is 1.66. The average molecular weight is 308 g/mol. The lowest BCUT2D eigenvalue weighted by molar-refractivity contribution is 0.0703. The number of aromatic nitrogens is 1. The first-order valence-corrected chi connectivity index (χ1v) is 8.52. The SMILES string of the molecule is CC1(C)CC2CC(C)(CN2C(=O)c2ccc3ccccc3n2)C1. The molecule has 2 atom stereocenters. The highest BCUT2D eigenvalue weighted by Gasteiger charge is 2.51. The molecule has 1 aliphatic carbocycles. The molecule has 2 heterocycles. The maximum Gasteiger partial charge on any atom is 0.272 e. The van der Waals surface area contributed by atoms with E-state index in [4.69, 9.17) is 0 Å². The predicted molar refractivity (Wildman–Crippen MR) is 92.3 cm³/mol. The van der Waals surface area contributed by atoms with E-state index < -0.39 is 0 Å². The van der Waals surface area contributed by atoms with Crippen molar-refractivity contribution in [1.29, 1.82) is 0 Å². The van der Waals surface area contributed by atoms with E-state index in [1.807, 2.05) is 36.4 Å². The van der Waals surface area contributed by atoms with Crippen molar-refractivity contribution in [2.24, 2.45) is 10.8 Å². The molecule has 3 nitrogen and oxygen atoms in total. The minimum atomic E-state index is 0.0992. The Kier molecular flexibility index (Phi) is 3.06. The van der Waals surface area contributed by atoms with Crippen molar-refractivity contribution >= 4 is 16.8 Å². The second kappa shape index (κ2) is 4.80. The number of hydrogen-bond donors (Lipinski definition) is 0. The van der Waals surface area contributed by atoms with Crippen LogP contribution in [0.5, 0.6) is 0 Å². The van der Waals surface area contributed by atoms with Crippen molar-refractivity contribution in [2.45, 2.75) is 46.1 Å².